The summed E-state index contributed by atoms with van der Waals surface area (Å²) in [5, 5.41) is 24.7. The maximum absolute atomic E-state index is 13.6. The number of para-hydroxylation sites is 1. The van der Waals surface area contributed by atoms with E-state index in [-0.39, 0.29) is 47.6 Å². The van der Waals surface area contributed by atoms with Crippen LogP contribution in [0, 0.1) is 5.92 Å². The van der Waals surface area contributed by atoms with E-state index in [2.05, 4.69) is 18.5 Å². The smallest absolute Gasteiger partial charge is 0.255 e. The van der Waals surface area contributed by atoms with Gasteiger partial charge in [-0.3, -0.25) is 4.79 Å². The van der Waals surface area contributed by atoms with Crippen LogP contribution in [0.1, 0.15) is 62.7 Å². The van der Waals surface area contributed by atoms with Crippen molar-refractivity contribution in [2.75, 3.05) is 26.8 Å². The number of carbonyl (C=O) groups is 1. The molecule has 3 N–H and O–H groups in total. The van der Waals surface area contributed by atoms with Crippen molar-refractivity contribution in [3.63, 3.8) is 0 Å². The number of sulfonamides is 1. The third-order valence-electron chi connectivity index (χ3n) is 6.65. The summed E-state index contributed by atoms with van der Waals surface area (Å²) in [6.45, 7) is 11.5. The third-order valence-corrected chi connectivity index (χ3v) is 8.49. The van der Waals surface area contributed by atoms with Crippen LogP contribution in [0.15, 0.2) is 72.7 Å². The number of hydrogen-bond donors (Lipinski definition) is 3. The number of aliphatic hydroxyl groups is 1. The van der Waals surface area contributed by atoms with Crippen LogP contribution in [-0.4, -0.2) is 67.8 Å². The van der Waals surface area contributed by atoms with Gasteiger partial charge in [-0.1, -0.05) is 38.5 Å². The third kappa shape index (κ3) is 10.5. The first-order chi connectivity index (χ1) is 20.0. The number of aromatic hydroxyl groups is 1. The molecule has 0 aromatic heterocycles. The lowest BCUT2D eigenvalue weighted by molar-refractivity contribution is 0.0751. The Morgan fingerprint density at radius 1 is 1.02 bits per heavy atom. The fourth-order valence-corrected chi connectivity index (χ4v) is 6.05. The predicted octanol–water partition coefficient (Wildman–Crippen LogP) is 5.30. The molecule has 0 radical (unpaired) electrons. The first-order valence-corrected chi connectivity index (χ1v) is 15.8. The molecule has 9 nitrogen and oxygen atoms in total. The van der Waals surface area contributed by atoms with Gasteiger partial charge >= 0.3 is 0 Å². The summed E-state index contributed by atoms with van der Waals surface area (Å²) in [4.78, 5) is 13.5. The van der Waals surface area contributed by atoms with E-state index in [0.29, 0.717) is 25.0 Å². The Labute approximate surface area is 250 Å². The number of phenols is 1. The summed E-state index contributed by atoms with van der Waals surface area (Å²) >= 11 is 0. The molecule has 2 atom stereocenters. The summed E-state index contributed by atoms with van der Waals surface area (Å²) in [5.41, 5.74) is 0.127. The number of ether oxygens (including phenoxy) is 2. The molecule has 0 saturated heterocycles. The Kier molecular flexibility index (Phi) is 14.6. The van der Waals surface area contributed by atoms with Gasteiger partial charge in [0.25, 0.3) is 5.91 Å². The quantitative estimate of drug-likeness (QED) is 0.139. The summed E-state index contributed by atoms with van der Waals surface area (Å²) in [7, 11) is -2.45. The van der Waals surface area contributed by atoms with Gasteiger partial charge in [0.05, 0.1) is 36.3 Å². The minimum atomic E-state index is -3.96. The second-order valence-corrected chi connectivity index (χ2v) is 12.5. The highest BCUT2D eigenvalue weighted by atomic mass is 32.2. The van der Waals surface area contributed by atoms with Gasteiger partial charge in [0.2, 0.25) is 10.0 Å². The molecular weight excluding hydrogens is 556 g/mol. The monoisotopic (exact) mass is 602 g/mol. The molecule has 2 unspecified atom stereocenters. The first-order valence-electron chi connectivity index (χ1n) is 14.3. The van der Waals surface area contributed by atoms with Crippen molar-refractivity contribution < 1.29 is 32.9 Å². The van der Waals surface area contributed by atoms with Gasteiger partial charge in [-0.05, 0) is 74.4 Å². The van der Waals surface area contributed by atoms with Crippen LogP contribution in [0.5, 0.6) is 17.2 Å². The molecule has 2 aromatic rings. The lowest BCUT2D eigenvalue weighted by Crippen LogP contribution is -2.50. The van der Waals surface area contributed by atoms with Crippen molar-refractivity contribution in [1.82, 2.24) is 9.62 Å². The zero-order valence-corrected chi connectivity index (χ0v) is 25.8. The number of amides is 1. The standard InChI is InChI=1S/C32H46N2O7S/c1-6-8-10-11-15-28(33-32(37)27-14-13-16-29(35)31(27)41-21-12-9-7-2)30(36)23-34(22-24(3)4)42(38,39)26-19-17-25(40-5)18-20-26/h6-7,13-14,16-20,24,28,30,35-36H,1-2,8-12,15,21-23H2,3-5H3,(H,33,37). The molecule has 0 heterocycles. The average molecular weight is 603 g/mol. The molecule has 1 amide bonds. The fraction of sp³-hybridized carbons (Fsp3) is 0.469. The summed E-state index contributed by atoms with van der Waals surface area (Å²) < 4.78 is 39.4. The molecule has 0 aliphatic heterocycles. The van der Waals surface area contributed by atoms with Crippen LogP contribution in [-0.2, 0) is 10.0 Å². The second kappa shape index (κ2) is 17.6. The number of nitrogens with one attached hydrogen (secondary N) is 1. The van der Waals surface area contributed by atoms with Crippen LogP contribution in [0.3, 0.4) is 0 Å². The molecule has 0 bridgehead atoms. The largest absolute Gasteiger partial charge is 0.504 e. The number of unbranched alkanes of at least 4 members (excludes halogenated alkanes) is 3. The number of hydrogen-bond acceptors (Lipinski definition) is 7. The van der Waals surface area contributed by atoms with E-state index < -0.39 is 28.1 Å². The van der Waals surface area contributed by atoms with E-state index in [9.17, 15) is 23.4 Å². The number of nitrogens with zero attached hydrogens (tertiary/aromatic N) is 1. The molecule has 2 aromatic carbocycles. The van der Waals surface area contributed by atoms with E-state index >= 15 is 0 Å². The number of benzene rings is 2. The lowest BCUT2D eigenvalue weighted by Gasteiger charge is -2.31. The molecular formula is C32H46N2O7S. The zero-order valence-electron chi connectivity index (χ0n) is 25.0. The van der Waals surface area contributed by atoms with Crippen LogP contribution in [0.25, 0.3) is 0 Å². The first kappa shape index (κ1) is 34.9. The van der Waals surface area contributed by atoms with Crippen LogP contribution in [0.2, 0.25) is 0 Å². The van der Waals surface area contributed by atoms with Crippen LogP contribution < -0.4 is 14.8 Å². The van der Waals surface area contributed by atoms with E-state index in [0.717, 1.165) is 19.3 Å². The average Bonchev–Trinajstić information content (AvgIpc) is 2.96. The van der Waals surface area contributed by atoms with Gasteiger partial charge in [0.15, 0.2) is 11.5 Å². The molecule has 232 valence electrons. The van der Waals surface area contributed by atoms with Crippen molar-refractivity contribution in [3.8, 4) is 17.2 Å². The SMILES string of the molecule is C=CCCCCC(NC(=O)c1cccc(O)c1OCCCC=C)C(O)CN(CC(C)C)S(=O)(=O)c1ccc(OC)cc1. The van der Waals surface area contributed by atoms with Gasteiger partial charge in [0, 0.05) is 13.1 Å². The Morgan fingerprint density at radius 2 is 1.69 bits per heavy atom. The number of methoxy groups -OCH3 is 1. The van der Waals surface area contributed by atoms with Crippen LogP contribution >= 0.6 is 0 Å². The van der Waals surface area contributed by atoms with Crippen molar-refractivity contribution >= 4 is 15.9 Å². The minimum Gasteiger partial charge on any atom is -0.504 e. The van der Waals surface area contributed by atoms with E-state index in [1.165, 1.54) is 35.7 Å². The Balaban J connectivity index is 2.32. The molecule has 0 aliphatic carbocycles. The number of aliphatic hydroxyl groups excluding tert-OH is 1. The second-order valence-electron chi connectivity index (χ2n) is 10.5. The summed E-state index contributed by atoms with van der Waals surface area (Å²) in [5.74, 6) is -0.132. The normalized spacial score (nSPS) is 13.0. The lowest BCUT2D eigenvalue weighted by atomic mass is 10.0. The summed E-state index contributed by atoms with van der Waals surface area (Å²) in [6.07, 6.45) is 6.40. The van der Waals surface area contributed by atoms with E-state index in [1.54, 1.807) is 30.4 Å². The maximum Gasteiger partial charge on any atom is 0.255 e. The molecule has 0 spiro atoms. The topological polar surface area (TPSA) is 125 Å². The highest BCUT2D eigenvalue weighted by Crippen LogP contribution is 2.31. The highest BCUT2D eigenvalue weighted by molar-refractivity contribution is 7.89. The van der Waals surface area contributed by atoms with Gasteiger partial charge in [-0.2, -0.15) is 4.31 Å². The molecule has 42 heavy (non-hydrogen) atoms. The van der Waals surface area contributed by atoms with Gasteiger partial charge in [-0.15, -0.1) is 13.2 Å². The van der Waals surface area contributed by atoms with E-state index in [1.807, 2.05) is 13.8 Å². The van der Waals surface area contributed by atoms with Gasteiger partial charge in [-0.25, -0.2) is 8.42 Å². The zero-order chi connectivity index (χ0) is 31.1. The summed E-state index contributed by atoms with van der Waals surface area (Å²) in [6, 6.07) is 9.86. The van der Waals surface area contributed by atoms with E-state index in [4.69, 9.17) is 9.47 Å². The molecule has 2 rings (SSSR count). The number of carbonyl (C=O) groups excluding carboxylic acids is 1. The van der Waals surface area contributed by atoms with Gasteiger partial charge < -0.3 is 25.0 Å². The molecule has 0 fully saturated rings. The van der Waals surface area contributed by atoms with Gasteiger partial charge in [0.1, 0.15) is 5.75 Å². The maximum atomic E-state index is 13.6. The van der Waals surface area contributed by atoms with Crippen molar-refractivity contribution in [2.24, 2.45) is 5.92 Å². The Bertz CT molecular complexity index is 1250. The molecule has 10 heteroatoms. The number of phenolic OH excluding ortho intramolecular Hbond substituents is 1. The number of allylic oxidation sites excluding steroid dienone is 2. The highest BCUT2D eigenvalue weighted by Gasteiger charge is 2.31. The molecule has 0 saturated carbocycles. The van der Waals surface area contributed by atoms with Crippen molar-refractivity contribution in [1.29, 1.82) is 0 Å². The Hall–Kier alpha value is -3.34. The molecule has 0 aliphatic rings. The minimum absolute atomic E-state index is 0.0149. The Morgan fingerprint density at radius 3 is 2.31 bits per heavy atom. The fourth-order valence-electron chi connectivity index (χ4n) is 4.43. The predicted molar refractivity (Wildman–Crippen MR) is 166 cm³/mol. The number of rotatable bonds is 20. The van der Waals surface area contributed by atoms with Crippen LogP contribution in [0.4, 0.5) is 0 Å². The van der Waals surface area contributed by atoms with Crippen molar-refractivity contribution in [2.45, 2.75) is 69.4 Å². The van der Waals surface area contributed by atoms with Crippen molar-refractivity contribution in [3.05, 3.63) is 73.3 Å².